The molecule has 0 unspecified atom stereocenters. The zero-order valence-corrected chi connectivity index (χ0v) is 10.5. The summed E-state index contributed by atoms with van der Waals surface area (Å²) in [5, 5.41) is 6.61. The van der Waals surface area contributed by atoms with E-state index in [4.69, 9.17) is 0 Å². The first-order valence-electron chi connectivity index (χ1n) is 5.20. The first kappa shape index (κ1) is 15.7. The molecule has 0 radical (unpaired) electrons. The Morgan fingerprint density at radius 1 is 1.35 bits per heavy atom. The minimum atomic E-state index is -4.43. The van der Waals surface area contributed by atoms with Crippen LogP contribution in [0.5, 0.6) is 0 Å². The van der Waals surface area contributed by atoms with E-state index >= 15 is 0 Å². The Hall–Kier alpha value is -1.35. The number of rotatable bonds is 4. The molecule has 5 heteroatoms. The summed E-state index contributed by atoms with van der Waals surface area (Å²) in [4.78, 5) is 0. The Balaban J connectivity index is 4.92. The summed E-state index contributed by atoms with van der Waals surface area (Å²) in [6.45, 7) is 10.00. The second-order valence-electron chi connectivity index (χ2n) is 4.16. The molecule has 0 aromatic heterocycles. The van der Waals surface area contributed by atoms with Crippen molar-refractivity contribution < 1.29 is 13.2 Å². The van der Waals surface area contributed by atoms with Crippen LogP contribution < -0.4 is 0 Å². The summed E-state index contributed by atoms with van der Waals surface area (Å²) in [5.74, 6) is 0. The lowest BCUT2D eigenvalue weighted by Gasteiger charge is -2.19. The normalized spacial score (nSPS) is 13.9. The van der Waals surface area contributed by atoms with Gasteiger partial charge in [-0.3, -0.25) is 0 Å². The molecule has 0 aliphatic carbocycles. The molecule has 0 bridgehead atoms. The third-order valence-electron chi connectivity index (χ3n) is 2.34. The molecule has 0 aromatic carbocycles. The summed E-state index contributed by atoms with van der Waals surface area (Å²) >= 11 is 0. The van der Waals surface area contributed by atoms with Gasteiger partial charge in [-0.05, 0) is 18.9 Å². The summed E-state index contributed by atoms with van der Waals surface area (Å²) in [5.41, 5.74) is 2.18. The Kier molecular flexibility index (Phi) is 5.36. The maximum absolute atomic E-state index is 12.1. The van der Waals surface area contributed by atoms with Gasteiger partial charge in [0.15, 0.2) is 0 Å². The van der Waals surface area contributed by atoms with Crippen LogP contribution in [0.1, 0.15) is 34.1 Å². The van der Waals surface area contributed by atoms with Crippen molar-refractivity contribution in [2.75, 3.05) is 0 Å². The first-order chi connectivity index (χ1) is 7.65. The van der Waals surface area contributed by atoms with Gasteiger partial charge in [-0.25, -0.2) is 0 Å². The fourth-order valence-electron chi connectivity index (χ4n) is 1.20. The van der Waals surface area contributed by atoms with Crippen LogP contribution >= 0.6 is 0 Å². The van der Waals surface area contributed by atoms with E-state index in [0.29, 0.717) is 6.42 Å². The molecule has 0 rings (SSSR count). The minimum absolute atomic E-state index is 0.494. The lowest BCUT2D eigenvalue weighted by Crippen LogP contribution is -2.19. The number of allylic oxidation sites excluding steroid dienone is 1. The van der Waals surface area contributed by atoms with Gasteiger partial charge in [0.25, 0.3) is 0 Å². The molecule has 0 aromatic rings. The average molecular weight is 246 g/mol. The van der Waals surface area contributed by atoms with E-state index in [-0.39, 0.29) is 0 Å². The van der Waals surface area contributed by atoms with Crippen molar-refractivity contribution in [1.29, 1.82) is 0 Å². The van der Waals surface area contributed by atoms with Crippen molar-refractivity contribution in [3.63, 3.8) is 0 Å². The lowest BCUT2D eigenvalue weighted by atomic mass is 9.84. The third-order valence-corrected chi connectivity index (χ3v) is 2.34. The largest absolute Gasteiger partial charge is 0.431 e. The predicted molar refractivity (Wildman–Crippen MR) is 64.4 cm³/mol. The van der Waals surface area contributed by atoms with Crippen molar-refractivity contribution in [3.05, 3.63) is 17.9 Å². The van der Waals surface area contributed by atoms with Gasteiger partial charge in [-0.1, -0.05) is 27.4 Å². The van der Waals surface area contributed by atoms with Crippen LogP contribution in [0.3, 0.4) is 0 Å². The van der Waals surface area contributed by atoms with Crippen molar-refractivity contribution in [1.82, 2.24) is 0 Å². The van der Waals surface area contributed by atoms with Crippen LogP contribution in [0.15, 0.2) is 28.1 Å². The van der Waals surface area contributed by atoms with E-state index in [9.17, 15) is 13.2 Å². The molecule has 0 amide bonds. The van der Waals surface area contributed by atoms with E-state index in [0.717, 1.165) is 12.5 Å². The maximum Gasteiger partial charge on any atom is 0.431 e. The number of hydrogen-bond acceptors (Lipinski definition) is 2. The van der Waals surface area contributed by atoms with Crippen LogP contribution in [0.25, 0.3) is 0 Å². The number of alkyl halides is 3. The quantitative estimate of drug-likeness (QED) is 0.404. The lowest BCUT2D eigenvalue weighted by molar-refractivity contribution is -0.0593. The molecular weight excluding hydrogens is 229 g/mol. The van der Waals surface area contributed by atoms with Gasteiger partial charge in [-0.2, -0.15) is 23.4 Å². The highest BCUT2D eigenvalue weighted by Crippen LogP contribution is 2.25. The second kappa shape index (κ2) is 5.82. The fraction of sp³-hybridized carbons (Fsp3) is 0.583. The molecule has 0 saturated heterocycles. The van der Waals surface area contributed by atoms with E-state index in [1.165, 1.54) is 6.21 Å². The SMILES string of the molecule is C=C=C(CC)C(C)(C)/C=N/N=C(\C)C(F)(F)F. The van der Waals surface area contributed by atoms with Gasteiger partial charge in [-0.15, -0.1) is 5.73 Å². The van der Waals surface area contributed by atoms with Gasteiger partial charge >= 0.3 is 6.18 Å². The monoisotopic (exact) mass is 246 g/mol. The minimum Gasteiger partial charge on any atom is -0.165 e. The van der Waals surface area contributed by atoms with Gasteiger partial charge in [0, 0.05) is 11.6 Å². The molecule has 0 aliphatic heterocycles. The highest BCUT2D eigenvalue weighted by molar-refractivity contribution is 5.87. The molecule has 0 N–H and O–H groups in total. The Bertz CT molecular complexity index is 370. The molecule has 17 heavy (non-hydrogen) atoms. The zero-order valence-electron chi connectivity index (χ0n) is 10.5. The standard InChI is InChI=1S/C12H17F3N2/c1-6-10(7-2)11(4,5)8-16-17-9(3)12(13,14)15/h8H,1,7H2,2-5H3/b16-8+,17-9+. The molecule has 0 fully saturated rings. The molecule has 2 nitrogen and oxygen atoms in total. The molecule has 0 heterocycles. The highest BCUT2D eigenvalue weighted by Gasteiger charge is 2.32. The van der Waals surface area contributed by atoms with Crippen molar-refractivity contribution in [2.45, 2.75) is 40.3 Å². The topological polar surface area (TPSA) is 24.7 Å². The highest BCUT2D eigenvalue weighted by atomic mass is 19.4. The molecule has 0 atom stereocenters. The molecular formula is C12H17F3N2. The second-order valence-corrected chi connectivity index (χ2v) is 4.16. The molecule has 0 spiro atoms. The Morgan fingerprint density at radius 3 is 2.24 bits per heavy atom. The van der Waals surface area contributed by atoms with Crippen molar-refractivity contribution in [3.8, 4) is 0 Å². The van der Waals surface area contributed by atoms with E-state index in [1.807, 2.05) is 20.8 Å². The molecule has 0 saturated carbocycles. The van der Waals surface area contributed by atoms with Gasteiger partial charge < -0.3 is 0 Å². The van der Waals surface area contributed by atoms with Crippen molar-refractivity contribution in [2.24, 2.45) is 15.6 Å². The van der Waals surface area contributed by atoms with Crippen LogP contribution in [0, 0.1) is 5.41 Å². The van der Waals surface area contributed by atoms with Gasteiger partial charge in [0.2, 0.25) is 0 Å². The third kappa shape index (κ3) is 5.00. The maximum atomic E-state index is 12.1. The van der Waals surface area contributed by atoms with Crippen LogP contribution in [-0.2, 0) is 0 Å². The molecule has 0 aliphatic rings. The summed E-state index contributed by atoms with van der Waals surface area (Å²) in [7, 11) is 0. The zero-order chi connectivity index (χ0) is 13.7. The fourth-order valence-corrected chi connectivity index (χ4v) is 1.20. The smallest absolute Gasteiger partial charge is 0.165 e. The predicted octanol–water partition coefficient (Wildman–Crippen LogP) is 4.14. The Labute approximate surface area is 99.6 Å². The summed E-state index contributed by atoms with van der Waals surface area (Å²) in [6, 6.07) is 0. The first-order valence-corrected chi connectivity index (χ1v) is 5.20. The Morgan fingerprint density at radius 2 is 1.88 bits per heavy atom. The summed E-state index contributed by atoms with van der Waals surface area (Å²) < 4.78 is 36.4. The van der Waals surface area contributed by atoms with Crippen LogP contribution in [0.4, 0.5) is 13.2 Å². The number of nitrogens with zero attached hydrogens (tertiary/aromatic N) is 2. The van der Waals surface area contributed by atoms with Crippen LogP contribution in [0.2, 0.25) is 0 Å². The van der Waals surface area contributed by atoms with E-state index < -0.39 is 17.3 Å². The average Bonchev–Trinajstić information content (AvgIpc) is 2.17. The van der Waals surface area contributed by atoms with Crippen LogP contribution in [-0.4, -0.2) is 18.1 Å². The van der Waals surface area contributed by atoms with Crippen molar-refractivity contribution >= 4 is 11.9 Å². The van der Waals surface area contributed by atoms with E-state index in [2.05, 4.69) is 22.5 Å². The van der Waals surface area contributed by atoms with Gasteiger partial charge in [0.1, 0.15) is 5.71 Å². The van der Waals surface area contributed by atoms with Gasteiger partial charge in [0.05, 0.1) is 0 Å². The van der Waals surface area contributed by atoms with E-state index in [1.54, 1.807) is 0 Å². The number of halogens is 3. The molecule has 96 valence electrons. The number of hydrogen-bond donors (Lipinski definition) is 0. The summed E-state index contributed by atoms with van der Waals surface area (Å²) in [6.07, 6.45) is -2.34.